The Morgan fingerprint density at radius 3 is 1.62 bits per heavy atom. The van der Waals surface area contributed by atoms with Crippen molar-refractivity contribution in [3.8, 4) is 0 Å². The zero-order chi connectivity index (χ0) is 13.4. The first kappa shape index (κ1) is 16.2. The van der Waals surface area contributed by atoms with Gasteiger partial charge in [0.15, 0.2) is 0 Å². The summed E-state index contributed by atoms with van der Waals surface area (Å²) in [5.41, 5.74) is -6.02. The molecule has 96 valence electrons. The molecule has 0 spiro atoms. The Morgan fingerprint density at radius 1 is 1.00 bits per heavy atom. The van der Waals surface area contributed by atoms with Crippen molar-refractivity contribution in [2.45, 2.75) is 11.6 Å². The topological polar surface area (TPSA) is 43.4 Å². The van der Waals surface area contributed by atoms with Gasteiger partial charge in [-0.2, -0.15) is 34.6 Å². The van der Waals surface area contributed by atoms with Crippen molar-refractivity contribution < 1.29 is 34.6 Å². The third kappa shape index (κ3) is 3.88. The summed E-state index contributed by atoms with van der Waals surface area (Å²) in [4.78, 5) is 0. The molecule has 0 aromatic rings. The van der Waals surface area contributed by atoms with Crippen LogP contribution in [0.4, 0.5) is 22.0 Å². The molecule has 0 radical (unpaired) electrons. The Hall–Kier alpha value is 0.170. The van der Waals surface area contributed by atoms with Crippen molar-refractivity contribution in [1.82, 2.24) is 0 Å². The van der Waals surface area contributed by atoms with Crippen LogP contribution in [0, 0.1) is 0 Å². The molecule has 0 fully saturated rings. The maximum atomic E-state index is 12.6. The van der Waals surface area contributed by atoms with Gasteiger partial charge in [0.1, 0.15) is 9.52 Å². The van der Waals surface area contributed by atoms with Crippen molar-refractivity contribution in [3.63, 3.8) is 0 Å². The highest BCUT2D eigenvalue weighted by Crippen LogP contribution is 2.38. The van der Waals surface area contributed by atoms with E-state index in [2.05, 4.69) is 15.8 Å². The van der Waals surface area contributed by atoms with E-state index in [9.17, 15) is 30.4 Å². The van der Waals surface area contributed by atoms with Crippen LogP contribution in [-0.4, -0.2) is 20.0 Å². The van der Waals surface area contributed by atoms with E-state index in [1.165, 1.54) is 0 Å². The zero-order valence-corrected chi connectivity index (χ0v) is 9.74. The highest BCUT2D eigenvalue weighted by molar-refractivity contribution is 7.87. The molecule has 0 saturated heterocycles. The van der Waals surface area contributed by atoms with Crippen LogP contribution in [0.25, 0.3) is 0 Å². The molecule has 0 aliphatic rings. The predicted octanol–water partition coefficient (Wildman–Crippen LogP) is 3.33. The molecule has 0 N–H and O–H groups in total. The lowest BCUT2D eigenvalue weighted by Gasteiger charge is -2.16. The highest BCUT2D eigenvalue weighted by Gasteiger charge is 2.54. The minimum absolute atomic E-state index is 1.33. The van der Waals surface area contributed by atoms with Crippen molar-refractivity contribution in [2.24, 2.45) is 0 Å². The molecule has 0 aromatic carbocycles. The highest BCUT2D eigenvalue weighted by atomic mass is 35.5. The minimum atomic E-state index is -6.52. The monoisotopic (exact) mass is 328 g/mol. The molecule has 0 rings (SSSR count). The summed E-state index contributed by atoms with van der Waals surface area (Å²) in [6.07, 6.45) is -5.01. The number of hydrogen-bond donors (Lipinski definition) is 0. The van der Waals surface area contributed by atoms with E-state index in [1.807, 2.05) is 0 Å². The van der Waals surface area contributed by atoms with Gasteiger partial charge in [-0.15, -0.1) is 0 Å². The molecule has 0 saturated carbocycles. The number of alkyl halides is 5. The molecular formula is C4Cl3F5O3S. The van der Waals surface area contributed by atoms with E-state index in [0.717, 1.165) is 0 Å². The van der Waals surface area contributed by atoms with Crippen molar-refractivity contribution in [3.05, 3.63) is 9.52 Å². The maximum Gasteiger partial charge on any atom is 0.523 e. The van der Waals surface area contributed by atoms with Crippen LogP contribution in [0.1, 0.15) is 0 Å². The molecule has 0 aliphatic heterocycles. The van der Waals surface area contributed by atoms with Crippen LogP contribution in [0.5, 0.6) is 0 Å². The van der Waals surface area contributed by atoms with Gasteiger partial charge in [-0.05, 0) is 0 Å². The van der Waals surface area contributed by atoms with E-state index in [0.29, 0.717) is 0 Å². The molecule has 0 aliphatic carbocycles. The quantitative estimate of drug-likeness (QED) is 0.453. The Bertz CT molecular complexity index is 396. The molecule has 0 amide bonds. The van der Waals surface area contributed by atoms with Gasteiger partial charge in [0.05, 0.1) is 0 Å². The van der Waals surface area contributed by atoms with E-state index >= 15 is 0 Å². The first-order chi connectivity index (χ1) is 6.81. The Kier molecular flexibility index (Phi) is 4.86. The lowest BCUT2D eigenvalue weighted by Crippen LogP contribution is -2.34. The van der Waals surface area contributed by atoms with E-state index in [4.69, 9.17) is 23.2 Å². The summed E-state index contributed by atoms with van der Waals surface area (Å²) in [7, 11) is -6.52. The average Bonchev–Trinajstić information content (AvgIpc) is 1.98. The molecule has 0 heterocycles. The fraction of sp³-hybridized carbons (Fsp3) is 0.500. The van der Waals surface area contributed by atoms with Crippen LogP contribution >= 0.6 is 34.8 Å². The molecule has 12 heteroatoms. The summed E-state index contributed by atoms with van der Waals surface area (Å²) < 4.78 is 81.9. The molecule has 0 aromatic heterocycles. The van der Waals surface area contributed by atoms with Gasteiger partial charge in [0.25, 0.3) is 0 Å². The third-order valence-corrected chi connectivity index (χ3v) is 2.90. The zero-order valence-electron chi connectivity index (χ0n) is 6.66. The van der Waals surface area contributed by atoms with Crippen LogP contribution in [-0.2, 0) is 14.3 Å². The fourth-order valence-corrected chi connectivity index (χ4v) is 1.09. The van der Waals surface area contributed by atoms with E-state index in [-0.39, 0.29) is 0 Å². The largest absolute Gasteiger partial charge is 0.523 e. The van der Waals surface area contributed by atoms with Crippen LogP contribution in [0.2, 0.25) is 0 Å². The number of halogens is 8. The molecule has 3 nitrogen and oxygen atoms in total. The number of hydrogen-bond acceptors (Lipinski definition) is 3. The lowest BCUT2D eigenvalue weighted by atomic mass is 10.6. The van der Waals surface area contributed by atoms with Crippen molar-refractivity contribution >= 4 is 44.9 Å². The smallest absolute Gasteiger partial charge is 0.189 e. The normalized spacial score (nSPS) is 13.8. The van der Waals surface area contributed by atoms with Gasteiger partial charge in [-0.1, -0.05) is 34.8 Å². The molecule has 0 bridgehead atoms. The predicted molar refractivity (Wildman–Crippen MR) is 45.6 cm³/mol. The fourth-order valence-electron chi connectivity index (χ4n) is 0.332. The first-order valence-corrected chi connectivity index (χ1v) is 5.46. The summed E-state index contributed by atoms with van der Waals surface area (Å²) in [5, 5.41) is -1.89. The Labute approximate surface area is 101 Å². The van der Waals surface area contributed by atoms with Gasteiger partial charge in [-0.25, -0.2) is 0 Å². The van der Waals surface area contributed by atoms with Gasteiger partial charge in [-0.3, -0.25) is 0 Å². The minimum Gasteiger partial charge on any atom is -0.189 e. The van der Waals surface area contributed by atoms with Gasteiger partial charge >= 0.3 is 21.7 Å². The second-order valence-corrected chi connectivity index (χ2v) is 4.94. The summed E-state index contributed by atoms with van der Waals surface area (Å²) in [6, 6.07) is 0. The lowest BCUT2D eigenvalue weighted by molar-refractivity contribution is -0.148. The molecule has 0 atom stereocenters. The summed E-state index contributed by atoms with van der Waals surface area (Å²) >= 11 is 14.1. The Balaban J connectivity index is 5.24. The second-order valence-electron chi connectivity index (χ2n) is 2.07. The average molecular weight is 329 g/mol. The first-order valence-electron chi connectivity index (χ1n) is 2.92. The van der Waals surface area contributed by atoms with Gasteiger partial charge < -0.3 is 0 Å². The van der Waals surface area contributed by atoms with Crippen molar-refractivity contribution in [1.29, 1.82) is 0 Å². The number of rotatable bonds is 3. The van der Waals surface area contributed by atoms with Crippen LogP contribution < -0.4 is 0 Å². The van der Waals surface area contributed by atoms with Crippen LogP contribution in [0.3, 0.4) is 0 Å². The Morgan fingerprint density at radius 2 is 1.38 bits per heavy atom. The maximum absolute atomic E-state index is 12.6. The summed E-state index contributed by atoms with van der Waals surface area (Å²) in [6.45, 7) is 0. The summed E-state index contributed by atoms with van der Waals surface area (Å²) in [5.74, 6) is 0. The molecule has 16 heavy (non-hydrogen) atoms. The van der Waals surface area contributed by atoms with Crippen molar-refractivity contribution in [2.75, 3.05) is 0 Å². The standard InChI is InChI=1S/C4Cl3F5O3S/c5-1(2(6)7)3(8,9)15-16(13,14)4(10,11)12. The third-order valence-electron chi connectivity index (χ3n) is 0.919. The van der Waals surface area contributed by atoms with Gasteiger partial charge in [0, 0.05) is 0 Å². The van der Waals surface area contributed by atoms with E-state index in [1.54, 1.807) is 0 Å². The molecule has 0 unspecified atom stereocenters. The van der Waals surface area contributed by atoms with Crippen LogP contribution in [0.15, 0.2) is 9.52 Å². The second kappa shape index (κ2) is 4.81. The van der Waals surface area contributed by atoms with E-state index < -0.39 is 31.3 Å². The molecular weight excluding hydrogens is 329 g/mol. The van der Waals surface area contributed by atoms with Gasteiger partial charge in [0.2, 0.25) is 0 Å². The SMILES string of the molecule is O=S(=O)(OC(F)(F)C(Cl)=C(Cl)Cl)C(F)(F)F.